The Balaban J connectivity index is 2.26. The predicted octanol–water partition coefficient (Wildman–Crippen LogP) is 2.84. The molecule has 0 amide bonds. The van der Waals surface area contributed by atoms with E-state index in [0.717, 1.165) is 12.0 Å². The molecule has 0 fully saturated rings. The molecular weight excluding hydrogens is 196 g/mol. The Morgan fingerprint density at radius 2 is 2.21 bits per heavy atom. The zero-order valence-electron chi connectivity index (χ0n) is 7.65. The van der Waals surface area contributed by atoms with Crippen LogP contribution in [0.3, 0.4) is 0 Å². The predicted molar refractivity (Wildman–Crippen MR) is 57.4 cm³/mol. The molecule has 0 heterocycles. The van der Waals surface area contributed by atoms with Gasteiger partial charge < -0.3 is 5.11 Å². The van der Waals surface area contributed by atoms with Crippen LogP contribution in [-0.2, 0) is 0 Å². The molecule has 1 aromatic rings. The summed E-state index contributed by atoms with van der Waals surface area (Å²) < 4.78 is 0. The normalized spacial score (nSPS) is 33.1. The third-order valence-electron chi connectivity index (χ3n) is 3.22. The van der Waals surface area contributed by atoms with E-state index in [1.54, 1.807) is 0 Å². The van der Waals surface area contributed by atoms with Crippen LogP contribution in [0.15, 0.2) is 24.3 Å². The number of aliphatic hydroxyl groups excluding tert-OH is 1. The van der Waals surface area contributed by atoms with Gasteiger partial charge in [-0.25, -0.2) is 0 Å². The Labute approximate surface area is 88.0 Å². The first kappa shape index (κ1) is 8.51. The summed E-state index contributed by atoms with van der Waals surface area (Å²) in [7, 11) is 0. The molecule has 1 N–H and O–H groups in total. The molecule has 2 heteroatoms. The van der Waals surface area contributed by atoms with Crippen LogP contribution in [0, 0.1) is 0 Å². The van der Waals surface area contributed by atoms with Crippen molar-refractivity contribution in [2.75, 3.05) is 0 Å². The molecule has 0 radical (unpaired) electrons. The molecule has 0 aromatic heterocycles. The van der Waals surface area contributed by atoms with Gasteiger partial charge in [-0.3, -0.25) is 0 Å². The van der Waals surface area contributed by atoms with E-state index in [-0.39, 0.29) is 11.5 Å². The van der Waals surface area contributed by atoms with Gasteiger partial charge in [0.25, 0.3) is 0 Å². The lowest BCUT2D eigenvalue weighted by molar-refractivity contribution is 0.173. The molecule has 0 bridgehead atoms. The van der Waals surface area contributed by atoms with E-state index in [1.807, 2.05) is 18.2 Å². The SMILES string of the molecule is OC1CC2c3c(cccc31)C=CC2Cl. The van der Waals surface area contributed by atoms with E-state index in [4.69, 9.17) is 11.6 Å². The van der Waals surface area contributed by atoms with Gasteiger partial charge in [0.15, 0.2) is 0 Å². The van der Waals surface area contributed by atoms with Gasteiger partial charge in [-0.2, -0.15) is 0 Å². The molecule has 2 aliphatic carbocycles. The lowest BCUT2D eigenvalue weighted by Crippen LogP contribution is -2.11. The van der Waals surface area contributed by atoms with Gasteiger partial charge in [0.05, 0.1) is 11.5 Å². The van der Waals surface area contributed by atoms with E-state index in [9.17, 15) is 5.11 Å². The van der Waals surface area contributed by atoms with Crippen molar-refractivity contribution in [1.29, 1.82) is 0 Å². The Kier molecular flexibility index (Phi) is 1.73. The van der Waals surface area contributed by atoms with Crippen LogP contribution in [0.1, 0.15) is 35.1 Å². The van der Waals surface area contributed by atoms with Gasteiger partial charge in [-0.05, 0) is 23.1 Å². The van der Waals surface area contributed by atoms with Crippen molar-refractivity contribution in [2.24, 2.45) is 0 Å². The van der Waals surface area contributed by atoms with E-state index in [2.05, 4.69) is 12.1 Å². The van der Waals surface area contributed by atoms with E-state index in [1.165, 1.54) is 11.1 Å². The number of benzene rings is 1. The van der Waals surface area contributed by atoms with Crippen LogP contribution in [-0.4, -0.2) is 10.5 Å². The van der Waals surface area contributed by atoms with Crippen LogP contribution < -0.4 is 0 Å². The van der Waals surface area contributed by atoms with Gasteiger partial charge in [-0.15, -0.1) is 11.6 Å². The molecule has 3 rings (SSSR count). The fourth-order valence-electron chi connectivity index (χ4n) is 2.57. The molecule has 0 saturated heterocycles. The standard InChI is InChI=1S/C12H11ClO/c13-10-5-4-7-2-1-3-8-11(14)6-9(10)12(7)8/h1-5,9-11,14H,6H2. The first-order valence-electron chi connectivity index (χ1n) is 4.90. The van der Waals surface area contributed by atoms with Crippen molar-refractivity contribution < 1.29 is 5.11 Å². The van der Waals surface area contributed by atoms with E-state index in [0.29, 0.717) is 5.92 Å². The number of aliphatic hydroxyl groups is 1. The number of halogens is 1. The minimum absolute atomic E-state index is 0.0424. The minimum atomic E-state index is -0.323. The van der Waals surface area contributed by atoms with Crippen molar-refractivity contribution in [2.45, 2.75) is 23.8 Å². The monoisotopic (exact) mass is 206 g/mol. The highest BCUT2D eigenvalue weighted by molar-refractivity contribution is 6.23. The Morgan fingerprint density at radius 3 is 3.07 bits per heavy atom. The zero-order valence-corrected chi connectivity index (χ0v) is 8.41. The molecular formula is C12H11ClO. The lowest BCUT2D eigenvalue weighted by atomic mass is 9.88. The highest BCUT2D eigenvalue weighted by Gasteiger charge is 2.36. The van der Waals surface area contributed by atoms with Crippen molar-refractivity contribution in [3.8, 4) is 0 Å². The minimum Gasteiger partial charge on any atom is -0.388 e. The maximum Gasteiger partial charge on any atom is 0.0799 e. The number of allylic oxidation sites excluding steroid dienone is 1. The Bertz CT molecular complexity index is 411. The highest BCUT2D eigenvalue weighted by Crippen LogP contribution is 2.47. The third-order valence-corrected chi connectivity index (χ3v) is 3.67. The number of alkyl halides is 1. The topological polar surface area (TPSA) is 20.2 Å². The van der Waals surface area contributed by atoms with Crippen molar-refractivity contribution in [1.82, 2.24) is 0 Å². The van der Waals surface area contributed by atoms with Gasteiger partial charge in [0.2, 0.25) is 0 Å². The van der Waals surface area contributed by atoms with Gasteiger partial charge >= 0.3 is 0 Å². The van der Waals surface area contributed by atoms with Crippen molar-refractivity contribution in [3.05, 3.63) is 41.0 Å². The first-order valence-corrected chi connectivity index (χ1v) is 5.34. The summed E-state index contributed by atoms with van der Waals surface area (Å²) in [6, 6.07) is 6.09. The average Bonchev–Trinajstić information content (AvgIpc) is 2.53. The summed E-state index contributed by atoms with van der Waals surface area (Å²) in [5, 5.41) is 9.91. The first-order chi connectivity index (χ1) is 6.77. The fourth-order valence-corrected chi connectivity index (χ4v) is 2.87. The number of rotatable bonds is 0. The Morgan fingerprint density at radius 1 is 1.36 bits per heavy atom. The van der Waals surface area contributed by atoms with Gasteiger partial charge in [0.1, 0.15) is 0 Å². The van der Waals surface area contributed by atoms with E-state index < -0.39 is 0 Å². The van der Waals surface area contributed by atoms with Gasteiger partial charge in [0, 0.05) is 5.92 Å². The van der Waals surface area contributed by atoms with Crippen LogP contribution in [0.5, 0.6) is 0 Å². The largest absolute Gasteiger partial charge is 0.388 e. The van der Waals surface area contributed by atoms with Crippen molar-refractivity contribution in [3.63, 3.8) is 0 Å². The van der Waals surface area contributed by atoms with Gasteiger partial charge in [-0.1, -0.05) is 30.4 Å². The third kappa shape index (κ3) is 0.999. The summed E-state index contributed by atoms with van der Waals surface area (Å²) in [6.45, 7) is 0. The summed E-state index contributed by atoms with van der Waals surface area (Å²) in [5.74, 6) is 0.308. The summed E-state index contributed by atoms with van der Waals surface area (Å²) in [6.07, 6.45) is 4.53. The summed E-state index contributed by atoms with van der Waals surface area (Å²) >= 11 is 6.21. The van der Waals surface area contributed by atoms with Crippen LogP contribution in [0.25, 0.3) is 6.08 Å². The second kappa shape index (κ2) is 2.85. The molecule has 1 aromatic carbocycles. The molecule has 0 aliphatic heterocycles. The molecule has 3 atom stereocenters. The molecule has 14 heavy (non-hydrogen) atoms. The second-order valence-electron chi connectivity index (χ2n) is 4.01. The summed E-state index contributed by atoms with van der Waals surface area (Å²) in [5.41, 5.74) is 3.56. The quantitative estimate of drug-likeness (QED) is 0.648. The number of hydrogen-bond acceptors (Lipinski definition) is 1. The fraction of sp³-hybridized carbons (Fsp3) is 0.333. The maximum atomic E-state index is 9.87. The van der Waals surface area contributed by atoms with Crippen molar-refractivity contribution >= 4 is 17.7 Å². The lowest BCUT2D eigenvalue weighted by Gasteiger charge is -2.21. The Hall–Kier alpha value is -0.790. The zero-order chi connectivity index (χ0) is 9.71. The maximum absolute atomic E-state index is 9.87. The molecule has 0 saturated carbocycles. The van der Waals surface area contributed by atoms with Crippen LogP contribution in [0.4, 0.5) is 0 Å². The second-order valence-corrected chi connectivity index (χ2v) is 4.52. The van der Waals surface area contributed by atoms with Crippen LogP contribution >= 0.6 is 11.6 Å². The van der Waals surface area contributed by atoms with Crippen LogP contribution in [0.2, 0.25) is 0 Å². The molecule has 1 nitrogen and oxygen atoms in total. The molecule has 0 spiro atoms. The molecule has 72 valence electrons. The number of hydrogen-bond donors (Lipinski definition) is 1. The average molecular weight is 207 g/mol. The smallest absolute Gasteiger partial charge is 0.0799 e. The highest BCUT2D eigenvalue weighted by atomic mass is 35.5. The molecule has 3 unspecified atom stereocenters. The summed E-state index contributed by atoms with van der Waals surface area (Å²) in [4.78, 5) is 0. The molecule has 2 aliphatic rings. The van der Waals surface area contributed by atoms with E-state index >= 15 is 0 Å².